The smallest absolute Gasteiger partial charge is 0.237 e. The van der Waals surface area contributed by atoms with E-state index in [9.17, 15) is 92.2 Å². The topological polar surface area (TPSA) is 0 Å². The van der Waals surface area contributed by atoms with Gasteiger partial charge in [0.1, 0.15) is 11.4 Å². The Morgan fingerprint density at radius 3 is 0.872 bits per heavy atom. The molecule has 0 atom stereocenters. The molecule has 234 valence electrons. The maximum absolute atomic E-state index is 13.1. The lowest BCUT2D eigenvalue weighted by atomic mass is 9.95. The Bertz CT molecular complexity index is 909. The number of hydrogen-bond acceptors (Lipinski definition) is 0. The highest BCUT2D eigenvalue weighted by molar-refractivity contribution is 5.30. The van der Waals surface area contributed by atoms with Gasteiger partial charge in [-0.1, -0.05) is 0 Å². The zero-order chi connectivity index (χ0) is 32.8. The molecular formula is C18H15F21. The van der Waals surface area contributed by atoms with Crippen LogP contribution in [0.1, 0.15) is 34.6 Å². The summed E-state index contributed by atoms with van der Waals surface area (Å²) in [5.74, 6) is -32.5. The minimum Gasteiger partial charge on any atom is -0.237 e. The van der Waals surface area contributed by atoms with E-state index in [1.807, 2.05) is 0 Å². The normalized spacial score (nSPS) is 16.8. The molecule has 21 heteroatoms. The molecule has 0 saturated heterocycles. The van der Waals surface area contributed by atoms with Crippen molar-refractivity contribution >= 4 is 0 Å². The summed E-state index contributed by atoms with van der Waals surface area (Å²) in [5, 5.41) is 0. The molecule has 0 saturated carbocycles. The Morgan fingerprint density at radius 1 is 0.410 bits per heavy atom. The van der Waals surface area contributed by atoms with Crippen molar-refractivity contribution in [3.63, 3.8) is 0 Å². The molecule has 0 heterocycles. The van der Waals surface area contributed by atoms with Crippen molar-refractivity contribution in [2.24, 2.45) is 0 Å². The fourth-order valence-electron chi connectivity index (χ4n) is 2.07. The molecule has 0 aliphatic heterocycles. The first-order valence-electron chi connectivity index (χ1n) is 9.22. The minimum atomic E-state index is -7.26. The third kappa shape index (κ3) is 8.03. The second kappa shape index (κ2) is 10.8. The van der Waals surface area contributed by atoms with Gasteiger partial charge in [0.25, 0.3) is 0 Å². The summed E-state index contributed by atoms with van der Waals surface area (Å²) in [6, 6.07) is 0. The number of hydrogen-bond donors (Lipinski definition) is 0. The molecule has 0 aliphatic rings. The van der Waals surface area contributed by atoms with Crippen LogP contribution in [0.2, 0.25) is 0 Å². The molecule has 0 aromatic carbocycles. The second-order valence-corrected chi connectivity index (χ2v) is 8.36. The van der Waals surface area contributed by atoms with E-state index in [1.54, 1.807) is 0 Å². The number of halogens is 21. The third-order valence-corrected chi connectivity index (χ3v) is 4.16. The molecule has 0 unspecified atom stereocenters. The molecule has 0 bridgehead atoms. The van der Waals surface area contributed by atoms with Gasteiger partial charge >= 0.3 is 42.2 Å². The van der Waals surface area contributed by atoms with Crippen molar-refractivity contribution in [2.45, 2.75) is 88.2 Å². The number of alkyl halides is 19. The fraction of sp³-hybridized carbons (Fsp3) is 0.778. The number of allylic oxidation sites excluding steroid dienone is 4. The summed E-state index contributed by atoms with van der Waals surface area (Å²) >= 11 is 0. The van der Waals surface area contributed by atoms with Crippen LogP contribution in [0.4, 0.5) is 92.2 Å². The van der Waals surface area contributed by atoms with E-state index < -0.39 is 76.4 Å². The van der Waals surface area contributed by atoms with Crippen LogP contribution in [0.5, 0.6) is 0 Å². The van der Waals surface area contributed by atoms with Gasteiger partial charge in [0.2, 0.25) is 0 Å². The Kier molecular flexibility index (Phi) is 10.8. The molecule has 0 N–H and O–H groups in total. The molecule has 0 rings (SSSR count). The van der Waals surface area contributed by atoms with E-state index in [4.69, 9.17) is 0 Å². The largest absolute Gasteiger partial charge is 0.460 e. The van der Waals surface area contributed by atoms with Crippen LogP contribution in [-0.4, -0.2) is 53.6 Å². The predicted molar refractivity (Wildman–Crippen MR) is 90.3 cm³/mol. The van der Waals surface area contributed by atoms with E-state index in [0.29, 0.717) is 13.8 Å². The highest BCUT2D eigenvalue weighted by atomic mass is 19.4. The summed E-state index contributed by atoms with van der Waals surface area (Å²) in [6.07, 6.45) is -20.4. The van der Waals surface area contributed by atoms with Crippen molar-refractivity contribution in [3.8, 4) is 0 Å². The molecule has 0 aromatic heterocycles. The lowest BCUT2D eigenvalue weighted by Gasteiger charge is -2.32. The van der Waals surface area contributed by atoms with E-state index >= 15 is 0 Å². The Balaban J connectivity index is 0. The second-order valence-electron chi connectivity index (χ2n) is 8.36. The molecule has 0 aliphatic carbocycles. The van der Waals surface area contributed by atoms with Crippen LogP contribution in [0, 0.1) is 0 Å². The van der Waals surface area contributed by atoms with E-state index in [-0.39, 0.29) is 20.8 Å². The summed E-state index contributed by atoms with van der Waals surface area (Å²) < 4.78 is 262. The maximum atomic E-state index is 13.1. The van der Waals surface area contributed by atoms with Crippen molar-refractivity contribution in [2.75, 3.05) is 0 Å². The van der Waals surface area contributed by atoms with E-state index in [0.717, 1.165) is 0 Å². The molecule has 0 spiro atoms. The molecule has 39 heavy (non-hydrogen) atoms. The lowest BCUT2D eigenvalue weighted by Crippen LogP contribution is -2.55. The minimum absolute atomic E-state index is 0.0175. The van der Waals surface area contributed by atoms with Crippen LogP contribution in [-0.2, 0) is 0 Å². The van der Waals surface area contributed by atoms with Crippen molar-refractivity contribution in [1.29, 1.82) is 0 Å². The Morgan fingerprint density at radius 2 is 0.667 bits per heavy atom. The van der Waals surface area contributed by atoms with Crippen LogP contribution in [0.3, 0.4) is 0 Å². The van der Waals surface area contributed by atoms with Gasteiger partial charge in [-0.15, -0.1) is 0 Å². The van der Waals surface area contributed by atoms with Crippen molar-refractivity contribution < 1.29 is 92.2 Å². The summed E-state index contributed by atoms with van der Waals surface area (Å²) in [4.78, 5) is 0. The van der Waals surface area contributed by atoms with Gasteiger partial charge in [0.05, 0.1) is 0 Å². The summed E-state index contributed by atoms with van der Waals surface area (Å²) in [5.41, 5.74) is -13.5. The average molecular weight is 630 g/mol. The standard InChI is InChI=1S/C9H6F12.C9H9F9/c1-5(2,11)4(10)3(7(14,15)16)6(12,13)8(17,18)9(19,20)21;1-4(5(10)6(2,3)11)7(12,13)8(14,15)9(16,17)18/h1-2H3;1-3H3/b4-3-;5-4-. The van der Waals surface area contributed by atoms with Gasteiger partial charge in [0, 0.05) is 5.57 Å². The fourth-order valence-corrected chi connectivity index (χ4v) is 2.07. The molecule has 0 nitrogen and oxygen atoms in total. The highest BCUT2D eigenvalue weighted by Crippen LogP contribution is 2.55. The number of rotatable bonds is 6. The van der Waals surface area contributed by atoms with E-state index in [1.165, 1.54) is 0 Å². The van der Waals surface area contributed by atoms with Gasteiger partial charge in [-0.2, -0.15) is 74.6 Å². The van der Waals surface area contributed by atoms with Gasteiger partial charge in [-0.05, 0) is 34.6 Å². The molecule has 0 amide bonds. The predicted octanol–water partition coefficient (Wildman–Crippen LogP) is 10.2. The maximum Gasteiger partial charge on any atom is 0.460 e. The highest BCUT2D eigenvalue weighted by Gasteiger charge is 2.78. The molecule has 0 fully saturated rings. The van der Waals surface area contributed by atoms with Crippen LogP contribution in [0.15, 0.2) is 22.8 Å². The SMILES string of the molecule is C/C(=C(/F)C(C)(C)F)C(F)(F)C(F)(F)C(F)(F)F.CC(C)(F)/C(F)=C(/C(F)(F)F)C(F)(F)C(F)(F)C(F)(F)F. The van der Waals surface area contributed by atoms with Gasteiger partial charge in [-0.3, -0.25) is 0 Å². The van der Waals surface area contributed by atoms with Gasteiger partial charge < -0.3 is 0 Å². The van der Waals surface area contributed by atoms with Crippen molar-refractivity contribution in [1.82, 2.24) is 0 Å². The zero-order valence-electron chi connectivity index (χ0n) is 19.4. The van der Waals surface area contributed by atoms with Crippen LogP contribution in [0.25, 0.3) is 0 Å². The van der Waals surface area contributed by atoms with Crippen LogP contribution >= 0.6 is 0 Å². The van der Waals surface area contributed by atoms with Gasteiger partial charge in [0.15, 0.2) is 17.2 Å². The van der Waals surface area contributed by atoms with Gasteiger partial charge in [-0.25, -0.2) is 17.6 Å². The van der Waals surface area contributed by atoms with Crippen LogP contribution < -0.4 is 0 Å². The zero-order valence-corrected chi connectivity index (χ0v) is 19.4. The Labute approximate surface area is 204 Å². The summed E-state index contributed by atoms with van der Waals surface area (Å²) in [6.45, 7) is 0.684. The Hall–Kier alpha value is -1.99. The molecule has 0 aromatic rings. The molecular weight excluding hydrogens is 615 g/mol. The lowest BCUT2D eigenvalue weighted by molar-refractivity contribution is -0.351. The average Bonchev–Trinajstić information content (AvgIpc) is 2.62. The molecule has 0 radical (unpaired) electrons. The first-order valence-corrected chi connectivity index (χ1v) is 9.22. The summed E-state index contributed by atoms with van der Waals surface area (Å²) in [7, 11) is 0. The quantitative estimate of drug-likeness (QED) is 0.257. The first kappa shape index (κ1) is 39.2. The van der Waals surface area contributed by atoms with Crippen molar-refractivity contribution in [3.05, 3.63) is 22.8 Å². The monoisotopic (exact) mass is 630 g/mol. The van der Waals surface area contributed by atoms with E-state index in [2.05, 4.69) is 0 Å². The third-order valence-electron chi connectivity index (χ3n) is 4.16. The first-order chi connectivity index (χ1) is 16.3.